The van der Waals surface area contributed by atoms with Crippen molar-refractivity contribution in [2.24, 2.45) is 5.92 Å². The van der Waals surface area contributed by atoms with E-state index in [2.05, 4.69) is 19.2 Å². The molecule has 1 fully saturated rings. The lowest BCUT2D eigenvalue weighted by molar-refractivity contribution is 0.0576. The van der Waals surface area contributed by atoms with Crippen LogP contribution in [0.4, 0.5) is 10.1 Å². The van der Waals surface area contributed by atoms with Gasteiger partial charge in [-0.3, -0.25) is 0 Å². The van der Waals surface area contributed by atoms with E-state index in [0.29, 0.717) is 18.5 Å². The Kier molecular flexibility index (Phi) is 6.00. The van der Waals surface area contributed by atoms with Crippen LogP contribution in [0.5, 0.6) is 0 Å². The lowest BCUT2D eigenvalue weighted by Gasteiger charge is -2.30. The summed E-state index contributed by atoms with van der Waals surface area (Å²) >= 11 is 0. The van der Waals surface area contributed by atoms with Crippen LogP contribution in [0.25, 0.3) is 0 Å². The topological polar surface area (TPSA) is 24.5 Å². The lowest BCUT2D eigenvalue weighted by atomic mass is 10.0. The maximum absolute atomic E-state index is 14.3. The van der Waals surface area contributed by atoms with Gasteiger partial charge in [0.15, 0.2) is 0 Å². The zero-order valence-electron chi connectivity index (χ0n) is 13.4. The molecule has 0 spiro atoms. The van der Waals surface area contributed by atoms with Gasteiger partial charge in [-0.1, -0.05) is 26.0 Å². The lowest BCUT2D eigenvalue weighted by Crippen LogP contribution is -2.32. The van der Waals surface area contributed by atoms with E-state index < -0.39 is 0 Å². The van der Waals surface area contributed by atoms with Crippen LogP contribution >= 0.6 is 0 Å². The number of anilines is 1. The minimum atomic E-state index is -0.141. The minimum absolute atomic E-state index is 0.141. The molecular weight excluding hydrogens is 267 g/mol. The van der Waals surface area contributed by atoms with Crippen molar-refractivity contribution in [1.82, 2.24) is 5.32 Å². The van der Waals surface area contributed by atoms with Gasteiger partial charge in [-0.2, -0.15) is 0 Å². The summed E-state index contributed by atoms with van der Waals surface area (Å²) in [4.78, 5) is 2.05. The molecule has 1 aliphatic rings. The van der Waals surface area contributed by atoms with Crippen molar-refractivity contribution in [1.29, 1.82) is 0 Å². The molecule has 1 aromatic rings. The number of nitrogens with one attached hydrogen (secondary N) is 1. The highest BCUT2D eigenvalue weighted by atomic mass is 19.1. The second kappa shape index (κ2) is 7.76. The van der Waals surface area contributed by atoms with Gasteiger partial charge in [-0.15, -0.1) is 0 Å². The van der Waals surface area contributed by atoms with Crippen molar-refractivity contribution in [3.05, 3.63) is 29.6 Å². The number of hydrogen-bond acceptors (Lipinski definition) is 3. The van der Waals surface area contributed by atoms with Crippen molar-refractivity contribution in [2.45, 2.75) is 39.3 Å². The van der Waals surface area contributed by atoms with Crippen LogP contribution in [-0.2, 0) is 11.3 Å². The molecule has 118 valence electrons. The van der Waals surface area contributed by atoms with E-state index in [4.69, 9.17) is 4.74 Å². The third-order valence-corrected chi connectivity index (χ3v) is 3.94. The van der Waals surface area contributed by atoms with Crippen LogP contribution in [0.15, 0.2) is 18.2 Å². The molecule has 0 aromatic heterocycles. The van der Waals surface area contributed by atoms with Crippen molar-refractivity contribution < 1.29 is 9.13 Å². The Hall–Kier alpha value is -1.13. The summed E-state index contributed by atoms with van der Waals surface area (Å²) in [6, 6.07) is 5.72. The van der Waals surface area contributed by atoms with Crippen molar-refractivity contribution in [3.8, 4) is 0 Å². The molecule has 4 heteroatoms. The smallest absolute Gasteiger partial charge is 0.146 e. The highest BCUT2D eigenvalue weighted by Gasteiger charge is 2.19. The molecule has 0 amide bonds. The molecule has 1 atom stereocenters. The first-order valence-corrected chi connectivity index (χ1v) is 7.87. The molecule has 1 saturated heterocycles. The number of benzene rings is 1. The number of hydrogen-bond donors (Lipinski definition) is 1. The fourth-order valence-electron chi connectivity index (χ4n) is 2.87. The quantitative estimate of drug-likeness (QED) is 0.872. The van der Waals surface area contributed by atoms with Gasteiger partial charge < -0.3 is 15.0 Å². The average Bonchev–Trinajstić information content (AvgIpc) is 2.46. The fourth-order valence-corrected chi connectivity index (χ4v) is 2.87. The van der Waals surface area contributed by atoms with Crippen molar-refractivity contribution in [3.63, 3.8) is 0 Å². The maximum atomic E-state index is 14.3. The first-order valence-electron chi connectivity index (χ1n) is 7.87. The van der Waals surface area contributed by atoms with Gasteiger partial charge >= 0.3 is 0 Å². The standard InChI is InChI=1S/C17H27FN2O/c1-13(2)19-10-15-7-4-8-16(18)17(15)20(3)11-14-6-5-9-21-12-14/h4,7-8,13-14,19H,5-6,9-12H2,1-3H3. The third kappa shape index (κ3) is 4.68. The normalized spacial score (nSPS) is 19.0. The van der Waals surface area contributed by atoms with E-state index in [-0.39, 0.29) is 5.82 Å². The maximum Gasteiger partial charge on any atom is 0.146 e. The van der Waals surface area contributed by atoms with Crippen LogP contribution in [-0.4, -0.2) is 32.8 Å². The van der Waals surface area contributed by atoms with Crippen LogP contribution < -0.4 is 10.2 Å². The summed E-state index contributed by atoms with van der Waals surface area (Å²) in [5.41, 5.74) is 1.74. The first kappa shape index (κ1) is 16.2. The van der Waals surface area contributed by atoms with E-state index in [1.807, 2.05) is 18.0 Å². The number of halogens is 1. The SMILES string of the molecule is CC(C)NCc1cccc(F)c1N(C)CC1CCCOC1. The number of para-hydroxylation sites is 1. The van der Waals surface area contributed by atoms with Gasteiger partial charge in [-0.05, 0) is 30.4 Å². The second-order valence-electron chi connectivity index (χ2n) is 6.25. The number of rotatable bonds is 6. The number of nitrogens with zero attached hydrogens (tertiary/aromatic N) is 1. The number of ether oxygens (including phenoxy) is 1. The van der Waals surface area contributed by atoms with E-state index in [0.717, 1.165) is 37.4 Å². The molecular formula is C17H27FN2O. The zero-order chi connectivity index (χ0) is 15.2. The fraction of sp³-hybridized carbons (Fsp3) is 0.647. The highest BCUT2D eigenvalue weighted by molar-refractivity contribution is 5.54. The van der Waals surface area contributed by atoms with Crippen LogP contribution in [0.2, 0.25) is 0 Å². The van der Waals surface area contributed by atoms with Gasteiger partial charge in [0.05, 0.1) is 12.3 Å². The van der Waals surface area contributed by atoms with Gasteiger partial charge in [0, 0.05) is 32.8 Å². The molecule has 0 radical (unpaired) electrons. The van der Waals surface area contributed by atoms with Crippen LogP contribution in [0.1, 0.15) is 32.3 Å². The third-order valence-electron chi connectivity index (χ3n) is 3.94. The highest BCUT2D eigenvalue weighted by Crippen LogP contribution is 2.26. The molecule has 3 nitrogen and oxygen atoms in total. The monoisotopic (exact) mass is 294 g/mol. The molecule has 1 heterocycles. The van der Waals surface area contributed by atoms with E-state index in [9.17, 15) is 4.39 Å². The molecule has 21 heavy (non-hydrogen) atoms. The molecule has 1 aliphatic heterocycles. The van der Waals surface area contributed by atoms with E-state index in [1.165, 1.54) is 6.42 Å². The molecule has 0 saturated carbocycles. The Labute approximate surface area is 127 Å². The van der Waals surface area contributed by atoms with Crippen molar-refractivity contribution >= 4 is 5.69 Å². The molecule has 0 aliphatic carbocycles. The first-order chi connectivity index (χ1) is 10.1. The van der Waals surface area contributed by atoms with Gasteiger partial charge in [0.25, 0.3) is 0 Å². The van der Waals surface area contributed by atoms with E-state index in [1.54, 1.807) is 12.1 Å². The summed E-state index contributed by atoms with van der Waals surface area (Å²) in [5.74, 6) is 0.353. The van der Waals surface area contributed by atoms with Gasteiger partial charge in [0.2, 0.25) is 0 Å². The second-order valence-corrected chi connectivity index (χ2v) is 6.25. The van der Waals surface area contributed by atoms with Gasteiger partial charge in [-0.25, -0.2) is 4.39 Å². The largest absolute Gasteiger partial charge is 0.381 e. The molecule has 1 unspecified atom stereocenters. The molecule has 1 aromatic carbocycles. The summed E-state index contributed by atoms with van der Waals surface area (Å²) in [6.45, 7) is 7.39. The molecule has 0 bridgehead atoms. The minimum Gasteiger partial charge on any atom is -0.381 e. The van der Waals surface area contributed by atoms with Crippen LogP contribution in [0, 0.1) is 11.7 Å². The summed E-state index contributed by atoms with van der Waals surface area (Å²) in [6.07, 6.45) is 2.27. The molecule has 1 N–H and O–H groups in total. The van der Waals surface area contributed by atoms with Crippen LogP contribution in [0.3, 0.4) is 0 Å². The zero-order valence-corrected chi connectivity index (χ0v) is 13.4. The van der Waals surface area contributed by atoms with E-state index >= 15 is 0 Å². The molecule has 2 rings (SSSR count). The Morgan fingerprint density at radius 1 is 1.43 bits per heavy atom. The van der Waals surface area contributed by atoms with Crippen molar-refractivity contribution in [2.75, 3.05) is 31.7 Å². The Morgan fingerprint density at radius 3 is 2.90 bits per heavy atom. The summed E-state index contributed by atoms with van der Waals surface area (Å²) < 4.78 is 19.8. The summed E-state index contributed by atoms with van der Waals surface area (Å²) in [7, 11) is 1.98. The predicted molar refractivity (Wildman–Crippen MR) is 85.2 cm³/mol. The average molecular weight is 294 g/mol. The Bertz CT molecular complexity index is 444. The predicted octanol–water partition coefficient (Wildman–Crippen LogP) is 3.19. The Morgan fingerprint density at radius 2 is 2.24 bits per heavy atom. The van der Waals surface area contributed by atoms with Gasteiger partial charge in [0.1, 0.15) is 5.82 Å². The summed E-state index contributed by atoms with van der Waals surface area (Å²) in [5, 5.41) is 3.37. The Balaban J connectivity index is 2.08.